The Morgan fingerprint density at radius 1 is 1.45 bits per heavy atom. The molecule has 0 spiro atoms. The number of carbonyl (C=O) groups is 1. The van der Waals surface area contributed by atoms with Crippen molar-refractivity contribution >= 4 is 23.2 Å². The number of hydrogen-bond acceptors (Lipinski definition) is 4. The molecule has 0 saturated carbocycles. The lowest BCUT2D eigenvalue weighted by atomic mass is 10.1. The first-order valence-corrected chi connectivity index (χ1v) is 7.16. The van der Waals surface area contributed by atoms with Crippen molar-refractivity contribution in [3.8, 4) is 0 Å². The van der Waals surface area contributed by atoms with Gasteiger partial charge in [0, 0.05) is 33.5 Å². The van der Waals surface area contributed by atoms with Crippen LogP contribution in [0.4, 0.5) is 0 Å². The number of amides is 1. The monoisotopic (exact) mass is 292 g/mol. The van der Waals surface area contributed by atoms with Gasteiger partial charge in [0.1, 0.15) is 6.10 Å². The van der Waals surface area contributed by atoms with Gasteiger partial charge in [0.25, 0.3) is 0 Å². The maximum Gasteiger partial charge on any atom is 0.239 e. The molecule has 1 aliphatic rings. The van der Waals surface area contributed by atoms with E-state index in [2.05, 4.69) is 5.32 Å². The highest BCUT2D eigenvalue weighted by molar-refractivity contribution is 7.80. The van der Waals surface area contributed by atoms with E-state index in [0.717, 1.165) is 5.56 Å². The summed E-state index contributed by atoms with van der Waals surface area (Å²) in [5.41, 5.74) is 1.13. The third-order valence-corrected chi connectivity index (χ3v) is 3.46. The molecule has 4 nitrogen and oxygen atoms in total. The molecule has 2 atom stereocenters. The summed E-state index contributed by atoms with van der Waals surface area (Å²) < 4.78 is 5.49. The molecule has 1 saturated heterocycles. The SMILES string of the molecule is CC(=S)O[C@@H]1CN[C@H](C(=O)N(C)Cc2ccccc2)C1. The van der Waals surface area contributed by atoms with Gasteiger partial charge in [-0.1, -0.05) is 30.3 Å². The number of carbonyl (C=O) groups excluding carboxylic acids is 1. The lowest BCUT2D eigenvalue weighted by Crippen LogP contribution is -2.41. The van der Waals surface area contributed by atoms with E-state index in [-0.39, 0.29) is 18.1 Å². The van der Waals surface area contributed by atoms with Crippen molar-refractivity contribution in [1.29, 1.82) is 0 Å². The van der Waals surface area contributed by atoms with Crippen molar-refractivity contribution in [3.63, 3.8) is 0 Å². The van der Waals surface area contributed by atoms with E-state index in [1.54, 1.807) is 11.8 Å². The highest BCUT2D eigenvalue weighted by Gasteiger charge is 2.32. The van der Waals surface area contributed by atoms with Gasteiger partial charge in [0.05, 0.1) is 6.04 Å². The predicted molar refractivity (Wildman–Crippen MR) is 82.5 cm³/mol. The first kappa shape index (κ1) is 14.9. The van der Waals surface area contributed by atoms with Crippen molar-refractivity contribution in [2.45, 2.75) is 32.0 Å². The van der Waals surface area contributed by atoms with Gasteiger partial charge in [-0.05, 0) is 17.8 Å². The van der Waals surface area contributed by atoms with Crippen molar-refractivity contribution in [2.75, 3.05) is 13.6 Å². The fourth-order valence-electron chi connectivity index (χ4n) is 2.42. The number of benzene rings is 1. The average molecular weight is 292 g/mol. The maximum absolute atomic E-state index is 12.4. The lowest BCUT2D eigenvalue weighted by molar-refractivity contribution is -0.132. The summed E-state index contributed by atoms with van der Waals surface area (Å²) in [6.07, 6.45) is 0.679. The minimum atomic E-state index is -0.178. The van der Waals surface area contributed by atoms with E-state index in [1.165, 1.54) is 0 Å². The third-order valence-electron chi connectivity index (χ3n) is 3.36. The van der Waals surface area contributed by atoms with E-state index in [1.807, 2.05) is 37.4 Å². The van der Waals surface area contributed by atoms with Crippen LogP contribution in [0.25, 0.3) is 0 Å². The van der Waals surface area contributed by atoms with Crippen LogP contribution < -0.4 is 5.32 Å². The molecule has 0 unspecified atom stereocenters. The van der Waals surface area contributed by atoms with Crippen LogP contribution in [0.2, 0.25) is 0 Å². The number of thiocarbonyl (C=S) groups is 1. The van der Waals surface area contributed by atoms with Crippen LogP contribution >= 0.6 is 12.2 Å². The zero-order valence-corrected chi connectivity index (χ0v) is 12.7. The van der Waals surface area contributed by atoms with Gasteiger partial charge in [0.15, 0.2) is 5.05 Å². The van der Waals surface area contributed by atoms with Crippen molar-refractivity contribution < 1.29 is 9.53 Å². The van der Waals surface area contributed by atoms with Gasteiger partial charge in [-0.2, -0.15) is 0 Å². The summed E-state index contributed by atoms with van der Waals surface area (Å²) in [7, 11) is 1.83. The Morgan fingerprint density at radius 3 is 2.80 bits per heavy atom. The fraction of sp³-hybridized carbons (Fsp3) is 0.467. The molecule has 2 rings (SSSR count). The number of hydrogen-bond donors (Lipinski definition) is 1. The summed E-state index contributed by atoms with van der Waals surface area (Å²) in [6.45, 7) is 3.05. The summed E-state index contributed by atoms with van der Waals surface area (Å²) in [5, 5.41) is 3.73. The Morgan fingerprint density at radius 2 is 2.15 bits per heavy atom. The highest BCUT2D eigenvalue weighted by atomic mass is 32.1. The molecule has 1 aromatic rings. The van der Waals surface area contributed by atoms with Crippen LogP contribution in [-0.2, 0) is 16.1 Å². The van der Waals surface area contributed by atoms with E-state index >= 15 is 0 Å². The standard InChI is InChI=1S/C15H20N2O2S/c1-11(20)19-13-8-14(16-9-13)15(18)17(2)10-12-6-4-3-5-7-12/h3-7,13-14,16H,8-10H2,1-2H3/t13-,14-/m0/s1. The number of ether oxygens (including phenoxy) is 1. The van der Waals surface area contributed by atoms with E-state index in [4.69, 9.17) is 17.0 Å². The Hall–Kier alpha value is -1.46. The predicted octanol–water partition coefficient (Wildman–Crippen LogP) is 1.74. The molecule has 1 heterocycles. The van der Waals surface area contributed by atoms with E-state index < -0.39 is 0 Å². The molecule has 1 aliphatic heterocycles. The molecule has 0 aliphatic carbocycles. The maximum atomic E-state index is 12.4. The zero-order valence-electron chi connectivity index (χ0n) is 11.8. The molecule has 0 bridgehead atoms. The van der Waals surface area contributed by atoms with Gasteiger partial charge in [0.2, 0.25) is 5.91 Å². The highest BCUT2D eigenvalue weighted by Crippen LogP contribution is 2.14. The van der Waals surface area contributed by atoms with Crippen LogP contribution in [0.3, 0.4) is 0 Å². The second-order valence-corrected chi connectivity index (χ2v) is 5.68. The van der Waals surface area contributed by atoms with Crippen molar-refractivity contribution in [3.05, 3.63) is 35.9 Å². The van der Waals surface area contributed by atoms with Gasteiger partial charge >= 0.3 is 0 Å². The van der Waals surface area contributed by atoms with Gasteiger partial charge in [-0.15, -0.1) is 0 Å². The van der Waals surface area contributed by atoms with Crippen molar-refractivity contribution in [1.82, 2.24) is 10.2 Å². The second kappa shape index (κ2) is 6.81. The van der Waals surface area contributed by atoms with Gasteiger partial charge in [-0.3, -0.25) is 4.79 Å². The number of nitrogens with zero attached hydrogens (tertiary/aromatic N) is 1. The third kappa shape index (κ3) is 4.02. The normalized spacial score (nSPS) is 21.5. The summed E-state index contributed by atoms with van der Waals surface area (Å²) in [4.78, 5) is 14.1. The molecular weight excluding hydrogens is 272 g/mol. The quantitative estimate of drug-likeness (QED) is 0.858. The van der Waals surface area contributed by atoms with Crippen LogP contribution in [0.1, 0.15) is 18.9 Å². The minimum Gasteiger partial charge on any atom is -0.483 e. The first-order chi connectivity index (χ1) is 9.56. The Kier molecular flexibility index (Phi) is 5.09. The Bertz CT molecular complexity index is 478. The van der Waals surface area contributed by atoms with Crippen LogP contribution in [0.5, 0.6) is 0 Å². The molecule has 20 heavy (non-hydrogen) atoms. The number of likely N-dealkylation sites (N-methyl/N-ethyl adjacent to an activating group) is 1. The average Bonchev–Trinajstić information content (AvgIpc) is 2.86. The summed E-state index contributed by atoms with van der Waals surface area (Å²) in [5.74, 6) is 0.0991. The molecule has 0 radical (unpaired) electrons. The van der Waals surface area contributed by atoms with Gasteiger partial charge < -0.3 is 15.0 Å². The molecule has 5 heteroatoms. The largest absolute Gasteiger partial charge is 0.483 e. The molecule has 1 fully saturated rings. The minimum absolute atomic E-state index is 0.00609. The first-order valence-electron chi connectivity index (χ1n) is 6.76. The second-order valence-electron chi connectivity index (χ2n) is 5.11. The molecule has 1 amide bonds. The molecular formula is C15H20N2O2S. The molecule has 0 aromatic heterocycles. The smallest absolute Gasteiger partial charge is 0.239 e. The molecule has 1 N–H and O–H groups in total. The zero-order chi connectivity index (χ0) is 14.5. The lowest BCUT2D eigenvalue weighted by Gasteiger charge is -2.21. The summed E-state index contributed by atoms with van der Waals surface area (Å²) >= 11 is 4.93. The van der Waals surface area contributed by atoms with E-state index in [9.17, 15) is 4.79 Å². The van der Waals surface area contributed by atoms with E-state index in [0.29, 0.717) is 24.6 Å². The van der Waals surface area contributed by atoms with Crippen LogP contribution in [0.15, 0.2) is 30.3 Å². The Labute approximate surface area is 125 Å². The summed E-state index contributed by atoms with van der Waals surface area (Å²) in [6, 6.07) is 9.80. The van der Waals surface area contributed by atoms with Gasteiger partial charge in [-0.25, -0.2) is 0 Å². The topological polar surface area (TPSA) is 41.6 Å². The number of nitrogens with one attached hydrogen (secondary N) is 1. The Balaban J connectivity index is 1.87. The van der Waals surface area contributed by atoms with Crippen LogP contribution in [0, 0.1) is 0 Å². The fourth-order valence-corrected chi connectivity index (χ4v) is 2.55. The van der Waals surface area contributed by atoms with Crippen molar-refractivity contribution in [2.24, 2.45) is 0 Å². The van der Waals surface area contributed by atoms with Crippen LogP contribution in [-0.4, -0.2) is 41.6 Å². The number of rotatable bonds is 4. The molecule has 108 valence electrons. The molecule has 1 aromatic carbocycles.